The van der Waals surface area contributed by atoms with Crippen LogP contribution in [0.4, 0.5) is 0 Å². The Labute approximate surface area is 348 Å². The zero-order valence-corrected chi connectivity index (χ0v) is 32.6. The van der Waals surface area contributed by atoms with Crippen LogP contribution in [-0.2, 0) is 0 Å². The molecule has 0 N–H and O–H groups in total. The molecule has 61 heavy (non-hydrogen) atoms. The van der Waals surface area contributed by atoms with Gasteiger partial charge in [0.2, 0.25) is 0 Å². The van der Waals surface area contributed by atoms with Gasteiger partial charge in [-0.15, -0.1) is 0 Å². The number of furan rings is 2. The Morgan fingerprint density at radius 3 is 1.82 bits per heavy atom. The Hall–Kier alpha value is -8.35. The summed E-state index contributed by atoms with van der Waals surface area (Å²) in [5.41, 5.74) is 11.0. The molecule has 0 unspecified atom stereocenters. The highest BCUT2D eigenvalue weighted by molar-refractivity contribution is 6.17. The summed E-state index contributed by atoms with van der Waals surface area (Å²) in [5.74, 6) is 1.59. The standard InChI is InChI=1S/C55H32N4O2/c1-2-13-33(14-3-1)34-25-27-35(28-26-34)53-56-54(42-21-12-20-40-39-18-7-10-23-47(39)61-52(40)42)58-55(57-53)51-45(29-30-49-50(51)41-19-8-11-24-48(41)60-49)59-44-22-9-6-17-38(44)43-31-36-15-4-5-16-37(36)32-46(43)59/h1-32H. The summed E-state index contributed by atoms with van der Waals surface area (Å²) in [6.07, 6.45) is 0. The predicted molar refractivity (Wildman–Crippen MR) is 248 cm³/mol. The van der Waals surface area contributed by atoms with E-state index in [0.717, 1.165) is 93.8 Å². The topological polar surface area (TPSA) is 69.9 Å². The van der Waals surface area contributed by atoms with E-state index in [1.165, 1.54) is 16.2 Å². The summed E-state index contributed by atoms with van der Waals surface area (Å²) in [5, 5.41) is 8.66. The van der Waals surface area contributed by atoms with E-state index >= 15 is 0 Å². The summed E-state index contributed by atoms with van der Waals surface area (Å²) in [6, 6.07) is 67.4. The van der Waals surface area contributed by atoms with Gasteiger partial charge in [0.15, 0.2) is 17.5 Å². The van der Waals surface area contributed by atoms with Gasteiger partial charge in [-0.25, -0.2) is 15.0 Å². The van der Waals surface area contributed by atoms with E-state index in [1.807, 2.05) is 42.5 Å². The minimum Gasteiger partial charge on any atom is -0.456 e. The molecule has 6 heteroatoms. The molecule has 4 heterocycles. The second-order valence-corrected chi connectivity index (χ2v) is 15.5. The Kier molecular flexibility index (Phi) is 7.21. The Bertz CT molecular complexity index is 3880. The Morgan fingerprint density at radius 2 is 0.984 bits per heavy atom. The smallest absolute Gasteiger partial charge is 0.167 e. The van der Waals surface area contributed by atoms with E-state index in [4.69, 9.17) is 23.8 Å². The first-order valence-electron chi connectivity index (χ1n) is 20.4. The summed E-state index contributed by atoms with van der Waals surface area (Å²) in [7, 11) is 0. The van der Waals surface area contributed by atoms with Gasteiger partial charge in [0.25, 0.3) is 0 Å². The maximum absolute atomic E-state index is 6.60. The third kappa shape index (κ3) is 5.19. The fourth-order valence-electron chi connectivity index (χ4n) is 9.24. The van der Waals surface area contributed by atoms with Crippen molar-refractivity contribution in [3.63, 3.8) is 0 Å². The van der Waals surface area contributed by atoms with E-state index in [-0.39, 0.29) is 0 Å². The first-order valence-corrected chi connectivity index (χ1v) is 20.4. The molecule has 13 aromatic rings. The highest BCUT2D eigenvalue weighted by Crippen LogP contribution is 2.44. The highest BCUT2D eigenvalue weighted by Gasteiger charge is 2.25. The molecule has 0 atom stereocenters. The number of rotatable bonds is 5. The normalized spacial score (nSPS) is 11.9. The molecule has 0 spiro atoms. The summed E-state index contributed by atoms with van der Waals surface area (Å²) >= 11 is 0. The molecule has 6 nitrogen and oxygen atoms in total. The van der Waals surface area contributed by atoms with E-state index in [0.29, 0.717) is 17.5 Å². The predicted octanol–water partition coefficient (Wildman–Crippen LogP) is 14.6. The van der Waals surface area contributed by atoms with Crippen LogP contribution in [0.15, 0.2) is 203 Å². The lowest BCUT2D eigenvalue weighted by atomic mass is 10.0. The van der Waals surface area contributed by atoms with Crippen LogP contribution in [0.1, 0.15) is 0 Å². The third-order valence-electron chi connectivity index (χ3n) is 12.1. The maximum atomic E-state index is 6.60. The minimum atomic E-state index is 0.515. The summed E-state index contributed by atoms with van der Waals surface area (Å²) in [4.78, 5) is 16.2. The maximum Gasteiger partial charge on any atom is 0.167 e. The quantitative estimate of drug-likeness (QED) is 0.174. The number of hydrogen-bond acceptors (Lipinski definition) is 5. The fraction of sp³-hybridized carbons (Fsp3) is 0. The molecule has 0 aliphatic heterocycles. The van der Waals surface area contributed by atoms with Gasteiger partial charge in [0, 0.05) is 37.9 Å². The van der Waals surface area contributed by atoms with Gasteiger partial charge in [-0.3, -0.25) is 0 Å². The molecule has 9 aromatic carbocycles. The van der Waals surface area contributed by atoms with Crippen LogP contribution in [0, 0.1) is 0 Å². The number of benzene rings is 9. The van der Waals surface area contributed by atoms with E-state index in [9.17, 15) is 0 Å². The third-order valence-corrected chi connectivity index (χ3v) is 12.1. The lowest BCUT2D eigenvalue weighted by Crippen LogP contribution is -2.04. The van der Waals surface area contributed by atoms with Crippen LogP contribution >= 0.6 is 0 Å². The van der Waals surface area contributed by atoms with Crippen molar-refractivity contribution < 1.29 is 8.83 Å². The molecule has 13 rings (SSSR count). The van der Waals surface area contributed by atoms with Gasteiger partial charge < -0.3 is 13.4 Å². The average molecular weight is 781 g/mol. The van der Waals surface area contributed by atoms with Crippen molar-refractivity contribution in [3.8, 4) is 51.0 Å². The van der Waals surface area contributed by atoms with Crippen molar-refractivity contribution in [2.75, 3.05) is 0 Å². The van der Waals surface area contributed by atoms with Crippen molar-refractivity contribution in [1.29, 1.82) is 0 Å². The molecular weight excluding hydrogens is 749 g/mol. The molecular formula is C55H32N4O2. The van der Waals surface area contributed by atoms with Crippen molar-refractivity contribution in [1.82, 2.24) is 19.5 Å². The summed E-state index contributed by atoms with van der Waals surface area (Å²) < 4.78 is 15.6. The van der Waals surface area contributed by atoms with Crippen LogP contribution in [0.2, 0.25) is 0 Å². The largest absolute Gasteiger partial charge is 0.456 e. The van der Waals surface area contributed by atoms with Gasteiger partial charge in [-0.05, 0) is 70.4 Å². The van der Waals surface area contributed by atoms with Crippen molar-refractivity contribution in [2.24, 2.45) is 0 Å². The van der Waals surface area contributed by atoms with Gasteiger partial charge >= 0.3 is 0 Å². The Balaban J connectivity index is 1.15. The second-order valence-electron chi connectivity index (χ2n) is 15.5. The SMILES string of the molecule is c1ccc(-c2ccc(-c3nc(-c4cccc5c4oc4ccccc45)nc(-c4c(-n5c6ccccc6c6cc7ccccc7cc65)ccc5oc6ccccc6c45)n3)cc2)cc1. The lowest BCUT2D eigenvalue weighted by molar-refractivity contribution is 0.668. The number of hydrogen-bond donors (Lipinski definition) is 0. The number of nitrogens with zero attached hydrogens (tertiary/aromatic N) is 4. The Morgan fingerprint density at radius 1 is 0.361 bits per heavy atom. The second kappa shape index (κ2) is 13.1. The van der Waals surface area contributed by atoms with E-state index in [1.54, 1.807) is 0 Å². The van der Waals surface area contributed by atoms with Crippen molar-refractivity contribution >= 4 is 76.5 Å². The molecule has 0 amide bonds. The molecule has 0 aliphatic carbocycles. The fourth-order valence-corrected chi connectivity index (χ4v) is 9.24. The average Bonchev–Trinajstić information content (AvgIpc) is 4.00. The van der Waals surface area contributed by atoms with Gasteiger partial charge in [-0.1, -0.05) is 146 Å². The summed E-state index contributed by atoms with van der Waals surface area (Å²) in [6.45, 7) is 0. The van der Waals surface area contributed by atoms with Crippen LogP contribution in [0.25, 0.3) is 127 Å². The van der Waals surface area contributed by atoms with Crippen molar-refractivity contribution in [2.45, 2.75) is 0 Å². The number of para-hydroxylation sites is 4. The molecule has 0 fully saturated rings. The first kappa shape index (κ1) is 33.6. The van der Waals surface area contributed by atoms with Gasteiger partial charge in [0.1, 0.15) is 22.3 Å². The van der Waals surface area contributed by atoms with Crippen LogP contribution in [0.5, 0.6) is 0 Å². The molecule has 284 valence electrons. The molecule has 0 radical (unpaired) electrons. The van der Waals surface area contributed by atoms with E-state index in [2.05, 4.69) is 156 Å². The van der Waals surface area contributed by atoms with Crippen LogP contribution in [-0.4, -0.2) is 19.5 Å². The zero-order chi connectivity index (χ0) is 40.0. The monoisotopic (exact) mass is 780 g/mol. The van der Waals surface area contributed by atoms with Gasteiger partial charge in [0.05, 0.1) is 27.8 Å². The molecule has 0 bridgehead atoms. The van der Waals surface area contributed by atoms with E-state index < -0.39 is 0 Å². The zero-order valence-electron chi connectivity index (χ0n) is 32.6. The van der Waals surface area contributed by atoms with Crippen LogP contribution < -0.4 is 0 Å². The first-order chi connectivity index (χ1) is 30.2. The number of aromatic nitrogens is 4. The van der Waals surface area contributed by atoms with Crippen molar-refractivity contribution in [3.05, 3.63) is 194 Å². The number of fused-ring (bicyclic) bond motifs is 10. The van der Waals surface area contributed by atoms with Gasteiger partial charge in [-0.2, -0.15) is 0 Å². The molecule has 4 aromatic heterocycles. The minimum absolute atomic E-state index is 0.515. The molecule has 0 saturated heterocycles. The molecule has 0 saturated carbocycles. The lowest BCUT2D eigenvalue weighted by Gasteiger charge is -2.16. The molecule has 0 aliphatic rings. The highest BCUT2D eigenvalue weighted by atomic mass is 16.3. The van der Waals surface area contributed by atoms with Crippen LogP contribution in [0.3, 0.4) is 0 Å².